The van der Waals surface area contributed by atoms with Gasteiger partial charge in [0.15, 0.2) is 0 Å². The highest BCUT2D eigenvalue weighted by Crippen LogP contribution is 2.02. The van der Waals surface area contributed by atoms with Gasteiger partial charge in [-0.15, -0.1) is 0 Å². The number of carbonyl (C=O) groups excluding carboxylic acids is 2. The quantitative estimate of drug-likeness (QED) is 0.642. The molecule has 1 N–H and O–H groups in total. The molecule has 0 aliphatic carbocycles. The molecule has 1 atom stereocenters. The number of nitrogens with one attached hydrogen (secondary N) is 1. The third-order valence-electron chi connectivity index (χ3n) is 2.51. The second-order valence-corrected chi connectivity index (χ2v) is 3.65. The molecule has 1 aliphatic rings. The van der Waals surface area contributed by atoms with Gasteiger partial charge in [-0.2, -0.15) is 0 Å². The highest BCUT2D eigenvalue weighted by Gasteiger charge is 2.20. The third-order valence-corrected chi connectivity index (χ3v) is 2.51. The van der Waals surface area contributed by atoms with Gasteiger partial charge in [0.25, 0.3) is 0 Å². The molecule has 80 valence electrons. The minimum Gasteiger partial charge on any atom is -0.344 e. The average molecular weight is 199 g/mol. The number of carbonyl (C=O) groups is 2. The SMILES string of the molecule is CC(CN1CCCNC1=O)N(C)C=O. The number of urea groups is 1. The van der Waals surface area contributed by atoms with Gasteiger partial charge in [0.05, 0.1) is 0 Å². The van der Waals surface area contributed by atoms with E-state index in [1.807, 2.05) is 6.92 Å². The van der Waals surface area contributed by atoms with Crippen molar-refractivity contribution < 1.29 is 9.59 Å². The lowest BCUT2D eigenvalue weighted by molar-refractivity contribution is -0.118. The van der Waals surface area contributed by atoms with Crippen molar-refractivity contribution in [2.45, 2.75) is 19.4 Å². The number of amides is 3. The molecular formula is C9H17N3O2. The first-order chi connectivity index (χ1) is 6.65. The van der Waals surface area contributed by atoms with E-state index in [1.165, 1.54) is 0 Å². The maximum absolute atomic E-state index is 11.3. The van der Waals surface area contributed by atoms with E-state index >= 15 is 0 Å². The van der Waals surface area contributed by atoms with E-state index in [0.717, 1.165) is 25.9 Å². The molecule has 0 radical (unpaired) electrons. The predicted octanol–water partition coefficient (Wildman–Crippen LogP) is -0.122. The molecule has 0 aromatic heterocycles. The minimum atomic E-state index is -0.0256. The molecule has 5 heteroatoms. The number of likely N-dealkylation sites (N-methyl/N-ethyl adjacent to an activating group) is 1. The lowest BCUT2D eigenvalue weighted by Crippen LogP contribution is -2.50. The summed E-state index contributed by atoms with van der Waals surface area (Å²) < 4.78 is 0. The fourth-order valence-corrected chi connectivity index (χ4v) is 1.40. The molecule has 1 saturated heterocycles. The van der Waals surface area contributed by atoms with Crippen LogP contribution in [-0.2, 0) is 4.79 Å². The molecule has 14 heavy (non-hydrogen) atoms. The van der Waals surface area contributed by atoms with E-state index in [9.17, 15) is 9.59 Å². The van der Waals surface area contributed by atoms with E-state index in [2.05, 4.69) is 5.32 Å². The van der Waals surface area contributed by atoms with Gasteiger partial charge in [0.2, 0.25) is 6.41 Å². The molecule has 0 saturated carbocycles. The molecule has 0 aromatic carbocycles. The lowest BCUT2D eigenvalue weighted by Gasteiger charge is -2.32. The van der Waals surface area contributed by atoms with Gasteiger partial charge in [0.1, 0.15) is 0 Å². The van der Waals surface area contributed by atoms with E-state index in [1.54, 1.807) is 16.8 Å². The molecule has 1 aliphatic heterocycles. The molecule has 1 unspecified atom stereocenters. The van der Waals surface area contributed by atoms with Gasteiger partial charge < -0.3 is 15.1 Å². The summed E-state index contributed by atoms with van der Waals surface area (Å²) in [4.78, 5) is 25.1. The molecule has 5 nitrogen and oxygen atoms in total. The van der Waals surface area contributed by atoms with Gasteiger partial charge >= 0.3 is 6.03 Å². The standard InChI is InChI=1S/C9H17N3O2/c1-8(11(2)7-13)6-12-5-3-4-10-9(12)14/h7-8H,3-6H2,1-2H3,(H,10,14). The maximum atomic E-state index is 11.3. The lowest BCUT2D eigenvalue weighted by atomic mass is 10.2. The van der Waals surface area contributed by atoms with E-state index in [-0.39, 0.29) is 12.1 Å². The van der Waals surface area contributed by atoms with Crippen LogP contribution in [0.25, 0.3) is 0 Å². The zero-order valence-corrected chi connectivity index (χ0v) is 8.69. The highest BCUT2D eigenvalue weighted by atomic mass is 16.2. The Hall–Kier alpha value is -1.26. The van der Waals surface area contributed by atoms with Crippen LogP contribution in [0, 0.1) is 0 Å². The Morgan fingerprint density at radius 3 is 3.00 bits per heavy atom. The zero-order chi connectivity index (χ0) is 10.6. The monoisotopic (exact) mass is 199 g/mol. The van der Waals surface area contributed by atoms with Crippen LogP contribution in [-0.4, -0.2) is 55.0 Å². The predicted molar refractivity (Wildman–Crippen MR) is 52.9 cm³/mol. The summed E-state index contributed by atoms with van der Waals surface area (Å²) in [6.07, 6.45) is 1.76. The number of hydrogen-bond acceptors (Lipinski definition) is 2. The smallest absolute Gasteiger partial charge is 0.317 e. The topological polar surface area (TPSA) is 52.7 Å². The highest BCUT2D eigenvalue weighted by molar-refractivity contribution is 5.74. The normalized spacial score (nSPS) is 18.7. The van der Waals surface area contributed by atoms with Gasteiger partial charge in [-0.1, -0.05) is 0 Å². The molecule has 1 heterocycles. The number of hydrogen-bond donors (Lipinski definition) is 1. The van der Waals surface area contributed by atoms with Crippen LogP contribution in [0.2, 0.25) is 0 Å². The van der Waals surface area contributed by atoms with Crippen molar-refractivity contribution in [3.05, 3.63) is 0 Å². The largest absolute Gasteiger partial charge is 0.344 e. The van der Waals surface area contributed by atoms with Crippen LogP contribution < -0.4 is 5.32 Å². The van der Waals surface area contributed by atoms with E-state index < -0.39 is 0 Å². The minimum absolute atomic E-state index is 0.0256. The van der Waals surface area contributed by atoms with Gasteiger partial charge in [-0.3, -0.25) is 4.79 Å². The fourth-order valence-electron chi connectivity index (χ4n) is 1.40. The third kappa shape index (κ3) is 2.61. The Kier molecular flexibility index (Phi) is 3.73. The van der Waals surface area contributed by atoms with Crippen LogP contribution in [0.15, 0.2) is 0 Å². The number of nitrogens with zero attached hydrogens (tertiary/aromatic N) is 2. The van der Waals surface area contributed by atoms with Crippen LogP contribution >= 0.6 is 0 Å². The molecule has 0 aromatic rings. The van der Waals surface area contributed by atoms with Crippen molar-refractivity contribution in [1.82, 2.24) is 15.1 Å². The fraction of sp³-hybridized carbons (Fsp3) is 0.778. The first-order valence-corrected chi connectivity index (χ1v) is 4.85. The molecule has 0 bridgehead atoms. The summed E-state index contributed by atoms with van der Waals surface area (Å²) in [6.45, 7) is 4.06. The van der Waals surface area contributed by atoms with Gasteiger partial charge in [-0.05, 0) is 13.3 Å². The van der Waals surface area contributed by atoms with Gasteiger partial charge in [-0.25, -0.2) is 4.79 Å². The van der Waals surface area contributed by atoms with Crippen LogP contribution in [0.4, 0.5) is 4.79 Å². The van der Waals surface area contributed by atoms with E-state index in [0.29, 0.717) is 6.54 Å². The van der Waals surface area contributed by atoms with Gasteiger partial charge in [0, 0.05) is 32.7 Å². The first kappa shape index (κ1) is 10.8. The molecule has 0 spiro atoms. The Balaban J connectivity index is 2.41. The van der Waals surface area contributed by atoms with E-state index in [4.69, 9.17) is 0 Å². The van der Waals surface area contributed by atoms with Crippen LogP contribution in [0.5, 0.6) is 0 Å². The maximum Gasteiger partial charge on any atom is 0.317 e. The van der Waals surface area contributed by atoms with Crippen molar-refractivity contribution in [2.75, 3.05) is 26.7 Å². The summed E-state index contributed by atoms with van der Waals surface area (Å²) in [7, 11) is 1.72. The second-order valence-electron chi connectivity index (χ2n) is 3.65. The van der Waals surface area contributed by atoms with Crippen LogP contribution in [0.3, 0.4) is 0 Å². The summed E-state index contributed by atoms with van der Waals surface area (Å²) in [5, 5.41) is 2.77. The second kappa shape index (κ2) is 4.83. The molecule has 1 rings (SSSR count). The van der Waals surface area contributed by atoms with Crippen molar-refractivity contribution >= 4 is 12.4 Å². The Labute approximate surface area is 84.0 Å². The zero-order valence-electron chi connectivity index (χ0n) is 8.69. The molecular weight excluding hydrogens is 182 g/mol. The summed E-state index contributed by atoms with van der Waals surface area (Å²) in [5.74, 6) is 0. The van der Waals surface area contributed by atoms with Crippen molar-refractivity contribution in [3.8, 4) is 0 Å². The van der Waals surface area contributed by atoms with Crippen molar-refractivity contribution in [3.63, 3.8) is 0 Å². The molecule has 3 amide bonds. The average Bonchev–Trinajstić information content (AvgIpc) is 2.20. The number of rotatable bonds is 4. The Morgan fingerprint density at radius 2 is 2.43 bits per heavy atom. The first-order valence-electron chi connectivity index (χ1n) is 4.85. The van der Waals surface area contributed by atoms with Crippen LogP contribution in [0.1, 0.15) is 13.3 Å². The summed E-state index contributed by atoms with van der Waals surface area (Å²) in [5.41, 5.74) is 0. The Bertz CT molecular complexity index is 220. The summed E-state index contributed by atoms with van der Waals surface area (Å²) >= 11 is 0. The van der Waals surface area contributed by atoms with Crippen molar-refractivity contribution in [1.29, 1.82) is 0 Å². The Morgan fingerprint density at radius 1 is 1.71 bits per heavy atom. The van der Waals surface area contributed by atoms with Crippen molar-refractivity contribution in [2.24, 2.45) is 0 Å². The summed E-state index contributed by atoms with van der Waals surface area (Å²) in [6, 6.07) is 0.0405. The molecule has 1 fully saturated rings.